The van der Waals surface area contributed by atoms with Gasteiger partial charge in [0, 0.05) is 19.5 Å². The summed E-state index contributed by atoms with van der Waals surface area (Å²) in [4.78, 5) is 13.8. The molecular weight excluding hydrogens is 242 g/mol. The normalized spacial score (nSPS) is 19.7. The molecule has 1 saturated heterocycles. The Balaban J connectivity index is 2.04. The van der Waals surface area contributed by atoms with Gasteiger partial charge in [-0.05, 0) is 6.42 Å². The molecule has 0 bridgehead atoms. The topological polar surface area (TPSA) is 49.8 Å². The molecule has 1 aliphatic heterocycles. The van der Waals surface area contributed by atoms with Gasteiger partial charge in [-0.3, -0.25) is 4.79 Å². The molecule has 1 fully saturated rings. The highest BCUT2D eigenvalue weighted by Gasteiger charge is 2.22. The molecule has 0 aliphatic carbocycles. The maximum Gasteiger partial charge on any atom is 0.222 e. The van der Waals surface area contributed by atoms with Crippen molar-refractivity contribution in [2.75, 3.05) is 26.3 Å². The van der Waals surface area contributed by atoms with Crippen LogP contribution in [0.1, 0.15) is 58.3 Å². The molecule has 0 spiro atoms. The third-order valence-electron chi connectivity index (χ3n) is 3.69. The quantitative estimate of drug-likeness (QED) is 0.655. The van der Waals surface area contributed by atoms with Crippen LogP contribution in [0.15, 0.2) is 0 Å². The summed E-state index contributed by atoms with van der Waals surface area (Å²) in [7, 11) is 0. The Hall–Kier alpha value is -0.610. The first-order valence-electron chi connectivity index (χ1n) is 7.78. The van der Waals surface area contributed by atoms with E-state index in [4.69, 9.17) is 9.84 Å². The lowest BCUT2D eigenvalue weighted by atomic mass is 10.1. The minimum atomic E-state index is -0.188. The number of carbonyl (C=O) groups is 1. The number of carbonyl (C=O) groups excluding carboxylic acids is 1. The van der Waals surface area contributed by atoms with Gasteiger partial charge in [0.15, 0.2) is 0 Å². The molecule has 1 rings (SSSR count). The molecule has 0 radical (unpaired) electrons. The van der Waals surface area contributed by atoms with Crippen LogP contribution in [0.2, 0.25) is 0 Å². The Labute approximate surface area is 117 Å². The molecule has 112 valence electrons. The molecule has 1 amide bonds. The molecule has 0 aromatic rings. The Bertz CT molecular complexity index is 246. The zero-order valence-corrected chi connectivity index (χ0v) is 12.3. The van der Waals surface area contributed by atoms with Crippen molar-refractivity contribution >= 4 is 5.91 Å². The molecule has 0 saturated carbocycles. The number of morpholine rings is 1. The van der Waals surface area contributed by atoms with E-state index in [9.17, 15) is 4.79 Å². The van der Waals surface area contributed by atoms with E-state index in [1.54, 1.807) is 0 Å². The molecular formula is C15H29NO3. The molecule has 0 aromatic carbocycles. The Morgan fingerprint density at radius 3 is 2.58 bits per heavy atom. The van der Waals surface area contributed by atoms with Gasteiger partial charge < -0.3 is 14.7 Å². The standard InChI is InChI=1S/C15H29NO3/c1-2-3-4-5-6-7-8-9-15(18)16-10-11-19-14(12-16)13-17/h14,17H,2-13H2,1H3. The number of hydrogen-bond acceptors (Lipinski definition) is 3. The van der Waals surface area contributed by atoms with Gasteiger partial charge in [0.25, 0.3) is 0 Å². The summed E-state index contributed by atoms with van der Waals surface area (Å²) in [5.41, 5.74) is 0. The largest absolute Gasteiger partial charge is 0.394 e. The van der Waals surface area contributed by atoms with Crippen molar-refractivity contribution in [2.24, 2.45) is 0 Å². The van der Waals surface area contributed by atoms with Gasteiger partial charge in [-0.1, -0.05) is 45.4 Å². The van der Waals surface area contributed by atoms with Crippen LogP contribution in [0.25, 0.3) is 0 Å². The molecule has 1 heterocycles. The van der Waals surface area contributed by atoms with E-state index < -0.39 is 0 Å². The van der Waals surface area contributed by atoms with Gasteiger partial charge in [-0.25, -0.2) is 0 Å². The first-order chi connectivity index (χ1) is 9.27. The second-order valence-electron chi connectivity index (χ2n) is 5.39. The molecule has 4 heteroatoms. The fourth-order valence-corrected chi connectivity index (χ4v) is 2.45. The lowest BCUT2D eigenvalue weighted by molar-refractivity contribution is -0.140. The predicted octanol–water partition coefficient (Wildman–Crippen LogP) is 2.35. The highest BCUT2D eigenvalue weighted by atomic mass is 16.5. The monoisotopic (exact) mass is 271 g/mol. The summed E-state index contributed by atoms with van der Waals surface area (Å²) in [5, 5.41) is 9.04. The SMILES string of the molecule is CCCCCCCCCC(=O)N1CCOC(CO)C1. The van der Waals surface area contributed by atoms with E-state index in [2.05, 4.69) is 6.92 Å². The Morgan fingerprint density at radius 2 is 1.89 bits per heavy atom. The zero-order valence-electron chi connectivity index (χ0n) is 12.3. The van der Waals surface area contributed by atoms with Crippen LogP contribution in [0.3, 0.4) is 0 Å². The number of aliphatic hydroxyl groups is 1. The van der Waals surface area contributed by atoms with Gasteiger partial charge in [0.2, 0.25) is 5.91 Å². The van der Waals surface area contributed by atoms with E-state index in [1.165, 1.54) is 32.1 Å². The van der Waals surface area contributed by atoms with Crippen molar-refractivity contribution in [3.63, 3.8) is 0 Å². The molecule has 19 heavy (non-hydrogen) atoms. The van der Waals surface area contributed by atoms with Crippen LogP contribution >= 0.6 is 0 Å². The van der Waals surface area contributed by atoms with Crippen LogP contribution in [0, 0.1) is 0 Å². The van der Waals surface area contributed by atoms with Crippen molar-refractivity contribution < 1.29 is 14.6 Å². The van der Waals surface area contributed by atoms with E-state index in [0.717, 1.165) is 12.8 Å². The summed E-state index contributed by atoms with van der Waals surface area (Å²) in [6.45, 7) is 3.99. The maximum atomic E-state index is 12.0. The third kappa shape index (κ3) is 6.92. The summed E-state index contributed by atoms with van der Waals surface area (Å²) >= 11 is 0. The molecule has 1 N–H and O–H groups in total. The number of hydrogen-bond donors (Lipinski definition) is 1. The Kier molecular flexibility index (Phi) is 8.84. The summed E-state index contributed by atoms with van der Waals surface area (Å²) in [6.07, 6.45) is 9.08. The second kappa shape index (κ2) is 10.2. The fraction of sp³-hybridized carbons (Fsp3) is 0.933. The number of unbranched alkanes of at least 4 members (excludes halogenated alkanes) is 6. The van der Waals surface area contributed by atoms with Crippen molar-refractivity contribution in [1.82, 2.24) is 4.90 Å². The van der Waals surface area contributed by atoms with E-state index in [0.29, 0.717) is 26.1 Å². The second-order valence-corrected chi connectivity index (χ2v) is 5.39. The number of aliphatic hydroxyl groups excluding tert-OH is 1. The first kappa shape index (κ1) is 16.4. The smallest absolute Gasteiger partial charge is 0.222 e. The van der Waals surface area contributed by atoms with E-state index in [1.807, 2.05) is 4.90 Å². The summed E-state index contributed by atoms with van der Waals surface area (Å²) in [6, 6.07) is 0. The minimum Gasteiger partial charge on any atom is -0.394 e. The van der Waals surface area contributed by atoms with Gasteiger partial charge in [-0.15, -0.1) is 0 Å². The molecule has 4 nitrogen and oxygen atoms in total. The molecule has 1 unspecified atom stereocenters. The van der Waals surface area contributed by atoms with Crippen LogP contribution < -0.4 is 0 Å². The minimum absolute atomic E-state index is 0.00120. The number of rotatable bonds is 9. The van der Waals surface area contributed by atoms with Crippen LogP contribution in [-0.2, 0) is 9.53 Å². The third-order valence-corrected chi connectivity index (χ3v) is 3.69. The first-order valence-corrected chi connectivity index (χ1v) is 7.78. The number of amides is 1. The number of ether oxygens (including phenoxy) is 1. The number of nitrogens with zero attached hydrogens (tertiary/aromatic N) is 1. The van der Waals surface area contributed by atoms with E-state index in [-0.39, 0.29) is 18.6 Å². The summed E-state index contributed by atoms with van der Waals surface area (Å²) in [5.74, 6) is 0.218. The van der Waals surface area contributed by atoms with Crippen molar-refractivity contribution in [3.05, 3.63) is 0 Å². The Morgan fingerprint density at radius 1 is 1.21 bits per heavy atom. The average molecular weight is 271 g/mol. The summed E-state index contributed by atoms with van der Waals surface area (Å²) < 4.78 is 5.34. The van der Waals surface area contributed by atoms with Crippen molar-refractivity contribution in [1.29, 1.82) is 0 Å². The van der Waals surface area contributed by atoms with Crippen LogP contribution in [0.5, 0.6) is 0 Å². The van der Waals surface area contributed by atoms with Crippen molar-refractivity contribution in [3.8, 4) is 0 Å². The van der Waals surface area contributed by atoms with E-state index >= 15 is 0 Å². The highest BCUT2D eigenvalue weighted by Crippen LogP contribution is 2.11. The van der Waals surface area contributed by atoms with Gasteiger partial charge in [0.1, 0.15) is 0 Å². The molecule has 0 aromatic heterocycles. The van der Waals surface area contributed by atoms with Crippen molar-refractivity contribution in [2.45, 2.75) is 64.4 Å². The van der Waals surface area contributed by atoms with Gasteiger partial charge in [0.05, 0.1) is 19.3 Å². The predicted molar refractivity (Wildman–Crippen MR) is 76.0 cm³/mol. The fourth-order valence-electron chi connectivity index (χ4n) is 2.45. The average Bonchev–Trinajstić information content (AvgIpc) is 2.46. The lowest BCUT2D eigenvalue weighted by Gasteiger charge is -2.32. The van der Waals surface area contributed by atoms with Crippen LogP contribution in [-0.4, -0.2) is 48.3 Å². The highest BCUT2D eigenvalue weighted by molar-refractivity contribution is 5.76. The molecule has 1 aliphatic rings. The van der Waals surface area contributed by atoms with Gasteiger partial charge >= 0.3 is 0 Å². The van der Waals surface area contributed by atoms with Gasteiger partial charge in [-0.2, -0.15) is 0 Å². The maximum absolute atomic E-state index is 12.0. The molecule has 1 atom stereocenters. The zero-order chi connectivity index (χ0) is 13.9. The lowest BCUT2D eigenvalue weighted by Crippen LogP contribution is -2.46. The van der Waals surface area contributed by atoms with Crippen LogP contribution in [0.4, 0.5) is 0 Å².